The van der Waals surface area contributed by atoms with Crippen LogP contribution in [0.3, 0.4) is 0 Å². The minimum atomic E-state index is -1.27. The average molecular weight is 423 g/mol. The number of carbonyl (C=O) groups excluding carboxylic acids is 4. The van der Waals surface area contributed by atoms with Gasteiger partial charge in [-0.25, -0.2) is 4.79 Å². The highest BCUT2D eigenvalue weighted by Gasteiger charge is 2.49. The third-order valence-corrected chi connectivity index (χ3v) is 5.21. The summed E-state index contributed by atoms with van der Waals surface area (Å²) in [7, 11) is 1.61. The number of imide groups is 1. The minimum absolute atomic E-state index is 0.365. The highest BCUT2D eigenvalue weighted by Crippen LogP contribution is 2.28. The second-order valence-corrected chi connectivity index (χ2v) is 7.62. The van der Waals surface area contributed by atoms with Crippen LogP contribution in [0.5, 0.6) is 0 Å². The molecule has 0 radical (unpaired) electrons. The van der Waals surface area contributed by atoms with Gasteiger partial charge < -0.3 is 15.0 Å². The fraction of sp³-hybridized carbons (Fsp3) is 0.304. The summed E-state index contributed by atoms with van der Waals surface area (Å²) in [5.41, 5.74) is 0.280. The molecule has 0 unspecified atom stereocenters. The summed E-state index contributed by atoms with van der Waals surface area (Å²) >= 11 is 0. The first kappa shape index (κ1) is 22.0. The molecule has 0 aliphatic carbocycles. The second-order valence-electron chi connectivity index (χ2n) is 7.62. The van der Waals surface area contributed by atoms with E-state index in [4.69, 9.17) is 4.74 Å². The van der Waals surface area contributed by atoms with E-state index < -0.39 is 36.1 Å². The third kappa shape index (κ3) is 4.74. The van der Waals surface area contributed by atoms with E-state index in [0.717, 1.165) is 10.5 Å². The van der Waals surface area contributed by atoms with Crippen LogP contribution in [0.2, 0.25) is 0 Å². The van der Waals surface area contributed by atoms with Crippen molar-refractivity contribution in [2.75, 3.05) is 13.6 Å². The largest absolute Gasteiger partial charge is 0.451 e. The zero-order valence-electron chi connectivity index (χ0n) is 17.7. The first-order valence-electron chi connectivity index (χ1n) is 9.90. The number of esters is 1. The summed E-state index contributed by atoms with van der Waals surface area (Å²) in [4.78, 5) is 52.4. The summed E-state index contributed by atoms with van der Waals surface area (Å²) in [5.74, 6) is -1.78. The van der Waals surface area contributed by atoms with Crippen molar-refractivity contribution in [3.05, 3.63) is 71.8 Å². The number of nitrogens with zero attached hydrogens (tertiary/aromatic N) is 2. The summed E-state index contributed by atoms with van der Waals surface area (Å²) in [5, 5.41) is 2.63. The Labute approximate surface area is 180 Å². The normalized spacial score (nSPS) is 19.0. The molecule has 4 amide bonds. The van der Waals surface area contributed by atoms with Crippen LogP contribution in [0.4, 0.5) is 4.79 Å². The van der Waals surface area contributed by atoms with Gasteiger partial charge in [-0.3, -0.25) is 19.3 Å². The standard InChI is InChI=1S/C23H25N3O5/c1-16(20(28)25(3)14-17-10-6-4-7-11-17)31-19(27)15-26-21(29)23(2,24-22(26)30)18-12-8-5-9-13-18/h4-13,16H,14-15H2,1-3H3,(H,24,30)/t16-,23+/m0/s1. The van der Waals surface area contributed by atoms with Gasteiger partial charge >= 0.3 is 12.0 Å². The Bertz CT molecular complexity index is 979. The molecule has 0 aromatic heterocycles. The van der Waals surface area contributed by atoms with Crippen LogP contribution in [0.1, 0.15) is 25.0 Å². The molecule has 1 fully saturated rings. The van der Waals surface area contributed by atoms with Gasteiger partial charge in [-0.15, -0.1) is 0 Å². The van der Waals surface area contributed by atoms with Gasteiger partial charge in [-0.2, -0.15) is 0 Å². The van der Waals surface area contributed by atoms with Gasteiger partial charge in [0.05, 0.1) is 0 Å². The van der Waals surface area contributed by atoms with Crippen LogP contribution in [0.25, 0.3) is 0 Å². The van der Waals surface area contributed by atoms with Crippen molar-refractivity contribution in [2.45, 2.75) is 32.0 Å². The summed E-state index contributed by atoms with van der Waals surface area (Å²) in [6.07, 6.45) is -1.05. The molecule has 2 atom stereocenters. The van der Waals surface area contributed by atoms with Crippen LogP contribution in [-0.4, -0.2) is 53.3 Å². The fourth-order valence-corrected chi connectivity index (χ4v) is 3.47. The molecule has 2 aromatic carbocycles. The fourth-order valence-electron chi connectivity index (χ4n) is 3.47. The number of benzene rings is 2. The molecule has 0 saturated carbocycles. The van der Waals surface area contributed by atoms with E-state index in [9.17, 15) is 19.2 Å². The van der Waals surface area contributed by atoms with Crippen molar-refractivity contribution in [1.82, 2.24) is 15.1 Å². The first-order chi connectivity index (χ1) is 14.7. The Balaban J connectivity index is 1.59. The van der Waals surface area contributed by atoms with Crippen molar-refractivity contribution in [3.63, 3.8) is 0 Å². The topological polar surface area (TPSA) is 96.0 Å². The Hall–Kier alpha value is -3.68. The highest BCUT2D eigenvalue weighted by molar-refractivity contribution is 6.08. The molecule has 1 aliphatic heterocycles. The third-order valence-electron chi connectivity index (χ3n) is 5.21. The summed E-state index contributed by atoms with van der Waals surface area (Å²) in [6, 6.07) is 17.5. The zero-order chi connectivity index (χ0) is 22.6. The minimum Gasteiger partial charge on any atom is -0.451 e. The molecule has 1 heterocycles. The van der Waals surface area contributed by atoms with E-state index in [0.29, 0.717) is 12.1 Å². The van der Waals surface area contributed by atoms with E-state index in [1.54, 1.807) is 44.3 Å². The van der Waals surface area contributed by atoms with Crippen LogP contribution in [0, 0.1) is 0 Å². The predicted molar refractivity (Wildman–Crippen MR) is 113 cm³/mol. The molecule has 162 valence electrons. The van der Waals surface area contributed by atoms with Gasteiger partial charge in [0.2, 0.25) is 0 Å². The quantitative estimate of drug-likeness (QED) is 0.543. The smallest absolute Gasteiger partial charge is 0.327 e. The van der Waals surface area contributed by atoms with Crippen molar-refractivity contribution in [3.8, 4) is 0 Å². The van der Waals surface area contributed by atoms with E-state index in [-0.39, 0.29) is 5.91 Å². The molecule has 1 aliphatic rings. The molecular weight excluding hydrogens is 398 g/mol. The molecule has 1 saturated heterocycles. The number of hydrogen-bond acceptors (Lipinski definition) is 5. The van der Waals surface area contributed by atoms with Gasteiger partial charge in [0.15, 0.2) is 6.10 Å². The monoisotopic (exact) mass is 423 g/mol. The van der Waals surface area contributed by atoms with Crippen molar-refractivity contribution in [2.24, 2.45) is 0 Å². The number of urea groups is 1. The molecule has 0 spiro atoms. The maximum atomic E-state index is 12.9. The Morgan fingerprint density at radius 3 is 2.26 bits per heavy atom. The van der Waals surface area contributed by atoms with Gasteiger partial charge in [-0.1, -0.05) is 60.7 Å². The van der Waals surface area contributed by atoms with E-state index in [1.165, 1.54) is 11.8 Å². The highest BCUT2D eigenvalue weighted by atomic mass is 16.5. The number of ether oxygens (including phenoxy) is 1. The molecule has 31 heavy (non-hydrogen) atoms. The van der Waals surface area contributed by atoms with Gasteiger partial charge in [0, 0.05) is 13.6 Å². The van der Waals surface area contributed by atoms with Crippen LogP contribution < -0.4 is 5.32 Å². The van der Waals surface area contributed by atoms with Gasteiger partial charge in [0.25, 0.3) is 11.8 Å². The Kier molecular flexibility index (Phi) is 6.39. The van der Waals surface area contributed by atoms with Crippen LogP contribution in [0.15, 0.2) is 60.7 Å². The number of nitrogens with one attached hydrogen (secondary N) is 1. The lowest BCUT2D eigenvalue weighted by Gasteiger charge is -2.23. The number of likely N-dealkylation sites (N-methyl/N-ethyl adjacent to an activating group) is 1. The molecule has 0 bridgehead atoms. The lowest BCUT2D eigenvalue weighted by Crippen LogP contribution is -2.43. The van der Waals surface area contributed by atoms with E-state index >= 15 is 0 Å². The number of amides is 4. The molecule has 8 nitrogen and oxygen atoms in total. The second kappa shape index (κ2) is 8.99. The predicted octanol–water partition coefficient (Wildman–Crippen LogP) is 2.04. The SMILES string of the molecule is C[C@H](OC(=O)CN1C(=O)N[C@](C)(c2ccccc2)C1=O)C(=O)N(C)Cc1ccccc1. The van der Waals surface area contributed by atoms with E-state index in [1.807, 2.05) is 30.3 Å². The molecule has 1 N–H and O–H groups in total. The first-order valence-corrected chi connectivity index (χ1v) is 9.90. The van der Waals surface area contributed by atoms with Gasteiger partial charge in [0.1, 0.15) is 12.1 Å². The molecular formula is C23H25N3O5. The van der Waals surface area contributed by atoms with E-state index in [2.05, 4.69) is 5.32 Å². The van der Waals surface area contributed by atoms with Crippen LogP contribution in [-0.2, 0) is 31.2 Å². The lowest BCUT2D eigenvalue weighted by molar-refractivity contribution is -0.160. The Morgan fingerprint density at radius 1 is 1.06 bits per heavy atom. The zero-order valence-corrected chi connectivity index (χ0v) is 17.7. The van der Waals surface area contributed by atoms with Gasteiger partial charge in [-0.05, 0) is 25.0 Å². The van der Waals surface area contributed by atoms with Crippen LogP contribution >= 0.6 is 0 Å². The maximum Gasteiger partial charge on any atom is 0.327 e. The summed E-state index contributed by atoms with van der Waals surface area (Å²) in [6.45, 7) is 2.83. The number of rotatable bonds is 7. The maximum absolute atomic E-state index is 12.9. The molecule has 8 heteroatoms. The van der Waals surface area contributed by atoms with Crippen molar-refractivity contribution >= 4 is 23.8 Å². The summed E-state index contributed by atoms with van der Waals surface area (Å²) < 4.78 is 5.20. The van der Waals surface area contributed by atoms with Crippen molar-refractivity contribution < 1.29 is 23.9 Å². The molecule has 3 rings (SSSR count). The Morgan fingerprint density at radius 2 is 1.65 bits per heavy atom. The van der Waals surface area contributed by atoms with Crippen molar-refractivity contribution in [1.29, 1.82) is 0 Å². The number of carbonyl (C=O) groups is 4. The number of hydrogen-bond donors (Lipinski definition) is 1. The average Bonchev–Trinajstić information content (AvgIpc) is 2.98. The lowest BCUT2D eigenvalue weighted by atomic mass is 9.92. The molecule has 2 aromatic rings.